The van der Waals surface area contributed by atoms with E-state index in [4.69, 9.17) is 5.11 Å². The van der Waals surface area contributed by atoms with Gasteiger partial charge in [0, 0.05) is 19.6 Å². The molecule has 8 nitrogen and oxygen atoms in total. The van der Waals surface area contributed by atoms with Crippen molar-refractivity contribution >= 4 is 22.0 Å². The molecule has 0 radical (unpaired) electrons. The summed E-state index contributed by atoms with van der Waals surface area (Å²) in [6.07, 6.45) is 1.02. The summed E-state index contributed by atoms with van der Waals surface area (Å²) in [4.78, 5) is 21.5. The van der Waals surface area contributed by atoms with Crippen LogP contribution in [0.15, 0.2) is 0 Å². The molecular weight excluding hydrogens is 250 g/mol. The number of hydrogen-bond acceptors (Lipinski definition) is 4. The van der Waals surface area contributed by atoms with Crippen molar-refractivity contribution in [3.63, 3.8) is 0 Å². The summed E-state index contributed by atoms with van der Waals surface area (Å²) >= 11 is 0. The summed E-state index contributed by atoms with van der Waals surface area (Å²) in [5.41, 5.74) is 0. The lowest BCUT2D eigenvalue weighted by Gasteiger charge is -2.09. The molecule has 0 fully saturated rings. The standard InChI is InChI=1S/C8H17N3O5S/c1-6(7(12)13)5-10-8(14)9-3-4-11-17(2,15)16/h6,11H,3-5H2,1-2H3,(H,12,13)(H2,9,10,14). The molecule has 0 aliphatic carbocycles. The van der Waals surface area contributed by atoms with Gasteiger partial charge in [0.25, 0.3) is 0 Å². The minimum Gasteiger partial charge on any atom is -0.481 e. The van der Waals surface area contributed by atoms with E-state index in [0.717, 1.165) is 6.26 Å². The van der Waals surface area contributed by atoms with Gasteiger partial charge in [-0.25, -0.2) is 17.9 Å². The van der Waals surface area contributed by atoms with Gasteiger partial charge in [-0.15, -0.1) is 0 Å². The fourth-order valence-electron chi connectivity index (χ4n) is 0.808. The van der Waals surface area contributed by atoms with E-state index >= 15 is 0 Å². The molecule has 0 saturated carbocycles. The molecule has 0 rings (SSSR count). The van der Waals surface area contributed by atoms with Gasteiger partial charge in [-0.1, -0.05) is 6.92 Å². The highest BCUT2D eigenvalue weighted by molar-refractivity contribution is 7.88. The lowest BCUT2D eigenvalue weighted by atomic mass is 10.2. The van der Waals surface area contributed by atoms with Crippen LogP contribution in [0.4, 0.5) is 4.79 Å². The second-order valence-electron chi connectivity index (χ2n) is 3.54. The monoisotopic (exact) mass is 267 g/mol. The molecule has 0 bridgehead atoms. The quantitative estimate of drug-likeness (QED) is 0.420. The van der Waals surface area contributed by atoms with E-state index in [1.165, 1.54) is 6.92 Å². The van der Waals surface area contributed by atoms with Gasteiger partial charge < -0.3 is 15.7 Å². The second kappa shape index (κ2) is 7.07. The number of amides is 2. The SMILES string of the molecule is CC(CNC(=O)NCCNS(C)(=O)=O)C(=O)O. The molecule has 1 unspecified atom stereocenters. The Balaban J connectivity index is 3.64. The first-order chi connectivity index (χ1) is 7.72. The van der Waals surface area contributed by atoms with Crippen LogP contribution in [0.5, 0.6) is 0 Å². The molecule has 17 heavy (non-hydrogen) atoms. The molecule has 0 saturated heterocycles. The molecule has 4 N–H and O–H groups in total. The number of carboxylic acid groups (broad SMARTS) is 1. The molecule has 100 valence electrons. The summed E-state index contributed by atoms with van der Waals surface area (Å²) in [7, 11) is -3.26. The Labute approximate surface area is 99.8 Å². The Morgan fingerprint density at radius 3 is 2.29 bits per heavy atom. The van der Waals surface area contributed by atoms with Gasteiger partial charge in [-0.05, 0) is 0 Å². The highest BCUT2D eigenvalue weighted by atomic mass is 32.2. The molecule has 2 amide bonds. The van der Waals surface area contributed by atoms with Crippen LogP contribution in [0.2, 0.25) is 0 Å². The summed E-state index contributed by atoms with van der Waals surface area (Å²) in [6, 6.07) is -0.534. The molecule has 9 heteroatoms. The predicted molar refractivity (Wildman–Crippen MR) is 61.0 cm³/mol. The molecular formula is C8H17N3O5S. The number of aliphatic carboxylic acids is 1. The van der Waals surface area contributed by atoms with E-state index in [9.17, 15) is 18.0 Å². The lowest BCUT2D eigenvalue weighted by Crippen LogP contribution is -2.42. The van der Waals surface area contributed by atoms with Crippen LogP contribution in [0, 0.1) is 5.92 Å². The summed E-state index contributed by atoms with van der Waals surface area (Å²) in [5.74, 6) is -1.67. The molecule has 0 aromatic carbocycles. The zero-order valence-electron chi connectivity index (χ0n) is 9.69. The van der Waals surface area contributed by atoms with Crippen LogP contribution in [-0.2, 0) is 14.8 Å². The molecule has 0 spiro atoms. The molecule has 0 heterocycles. The topological polar surface area (TPSA) is 125 Å². The number of carbonyl (C=O) groups excluding carboxylic acids is 1. The molecule has 0 aromatic heterocycles. The maximum Gasteiger partial charge on any atom is 0.314 e. The Hall–Kier alpha value is -1.35. The Kier molecular flexibility index (Phi) is 6.51. The van der Waals surface area contributed by atoms with E-state index in [1.54, 1.807) is 0 Å². The smallest absolute Gasteiger partial charge is 0.314 e. The van der Waals surface area contributed by atoms with Crippen molar-refractivity contribution < 1.29 is 23.1 Å². The largest absolute Gasteiger partial charge is 0.481 e. The Bertz CT molecular complexity index is 367. The molecule has 0 aliphatic rings. The van der Waals surface area contributed by atoms with Gasteiger partial charge in [0.2, 0.25) is 10.0 Å². The van der Waals surface area contributed by atoms with Crippen molar-refractivity contribution in [3.05, 3.63) is 0 Å². The van der Waals surface area contributed by atoms with Crippen molar-refractivity contribution in [2.24, 2.45) is 5.92 Å². The van der Waals surface area contributed by atoms with Crippen molar-refractivity contribution in [2.75, 3.05) is 25.9 Å². The van der Waals surface area contributed by atoms with Crippen LogP contribution in [0.3, 0.4) is 0 Å². The first kappa shape index (κ1) is 15.7. The van der Waals surface area contributed by atoms with Crippen LogP contribution in [0.1, 0.15) is 6.92 Å². The minimum absolute atomic E-state index is 0.0146. The first-order valence-corrected chi connectivity index (χ1v) is 6.80. The van der Waals surface area contributed by atoms with E-state index < -0.39 is 27.9 Å². The van der Waals surface area contributed by atoms with Crippen LogP contribution in [0.25, 0.3) is 0 Å². The number of hydrogen-bond donors (Lipinski definition) is 4. The lowest BCUT2D eigenvalue weighted by molar-refractivity contribution is -0.140. The van der Waals surface area contributed by atoms with Gasteiger partial charge in [-0.3, -0.25) is 4.79 Å². The summed E-state index contributed by atoms with van der Waals surface area (Å²) in [5, 5.41) is 13.3. The van der Waals surface area contributed by atoms with Crippen LogP contribution < -0.4 is 15.4 Å². The third-order valence-electron chi connectivity index (χ3n) is 1.77. The minimum atomic E-state index is -3.26. The third kappa shape index (κ3) is 9.57. The summed E-state index contributed by atoms with van der Waals surface area (Å²) in [6.45, 7) is 1.69. The third-order valence-corrected chi connectivity index (χ3v) is 2.49. The van der Waals surface area contributed by atoms with E-state index in [1.807, 2.05) is 0 Å². The van der Waals surface area contributed by atoms with E-state index in [2.05, 4.69) is 15.4 Å². The predicted octanol–water partition coefficient (Wildman–Crippen LogP) is -1.44. The maximum absolute atomic E-state index is 11.1. The number of carbonyl (C=O) groups is 2. The second-order valence-corrected chi connectivity index (χ2v) is 5.38. The average molecular weight is 267 g/mol. The van der Waals surface area contributed by atoms with E-state index in [0.29, 0.717) is 0 Å². The first-order valence-electron chi connectivity index (χ1n) is 4.91. The maximum atomic E-state index is 11.1. The van der Waals surface area contributed by atoms with Crippen molar-refractivity contribution in [3.8, 4) is 0 Å². The van der Waals surface area contributed by atoms with Gasteiger partial charge in [0.15, 0.2) is 0 Å². The number of rotatable bonds is 7. The Morgan fingerprint density at radius 2 is 1.82 bits per heavy atom. The number of carboxylic acids is 1. The fraction of sp³-hybridized carbons (Fsp3) is 0.750. The van der Waals surface area contributed by atoms with Crippen molar-refractivity contribution in [1.29, 1.82) is 0 Å². The van der Waals surface area contributed by atoms with Gasteiger partial charge in [0.1, 0.15) is 0 Å². The van der Waals surface area contributed by atoms with Gasteiger partial charge in [-0.2, -0.15) is 0 Å². The molecule has 0 aliphatic heterocycles. The number of sulfonamides is 1. The highest BCUT2D eigenvalue weighted by Crippen LogP contribution is 1.90. The van der Waals surface area contributed by atoms with Crippen molar-refractivity contribution in [1.82, 2.24) is 15.4 Å². The van der Waals surface area contributed by atoms with Crippen molar-refractivity contribution in [2.45, 2.75) is 6.92 Å². The van der Waals surface area contributed by atoms with Gasteiger partial charge >= 0.3 is 12.0 Å². The Morgan fingerprint density at radius 1 is 1.24 bits per heavy atom. The summed E-state index contributed by atoms with van der Waals surface area (Å²) < 4.78 is 23.5. The fourth-order valence-corrected chi connectivity index (χ4v) is 1.28. The highest BCUT2D eigenvalue weighted by Gasteiger charge is 2.11. The van der Waals surface area contributed by atoms with Crippen LogP contribution in [-0.4, -0.2) is 51.4 Å². The average Bonchev–Trinajstić information content (AvgIpc) is 2.19. The zero-order chi connectivity index (χ0) is 13.5. The number of nitrogens with one attached hydrogen (secondary N) is 3. The van der Waals surface area contributed by atoms with Crippen LogP contribution >= 0.6 is 0 Å². The van der Waals surface area contributed by atoms with Gasteiger partial charge in [0.05, 0.1) is 12.2 Å². The zero-order valence-corrected chi connectivity index (χ0v) is 10.5. The molecule has 1 atom stereocenters. The normalized spacial score (nSPS) is 12.8. The molecule has 0 aromatic rings. The number of urea groups is 1. The van der Waals surface area contributed by atoms with E-state index in [-0.39, 0.29) is 19.6 Å².